The average Bonchev–Trinajstić information content (AvgIpc) is 2.48. The van der Waals surface area contributed by atoms with Crippen LogP contribution in [0.5, 0.6) is 5.75 Å². The number of ether oxygens (including phenoxy) is 2. The van der Waals surface area contributed by atoms with Crippen LogP contribution in [0.2, 0.25) is 0 Å². The third-order valence-electron chi connectivity index (χ3n) is 4.09. The van der Waals surface area contributed by atoms with Crippen molar-refractivity contribution in [1.29, 1.82) is 0 Å². The molecular weight excluding hydrogens is 270 g/mol. The number of aliphatic hydroxyl groups excluding tert-OH is 2. The lowest BCUT2D eigenvalue weighted by atomic mass is 9.94. The molecule has 118 valence electrons. The number of methoxy groups -OCH3 is 2. The molecule has 0 saturated carbocycles. The zero-order chi connectivity index (χ0) is 15.2. The fourth-order valence-corrected chi connectivity index (χ4v) is 2.86. The quantitative estimate of drug-likeness (QED) is 0.820. The fraction of sp³-hybridized carbons (Fsp3) is 0.625. The highest BCUT2D eigenvalue weighted by atomic mass is 16.5. The smallest absolute Gasteiger partial charge is 0.124 e. The molecule has 0 radical (unpaired) electrons. The molecule has 0 aromatic heterocycles. The van der Waals surface area contributed by atoms with Crippen molar-refractivity contribution in [2.45, 2.75) is 25.7 Å². The second-order valence-electron chi connectivity index (χ2n) is 5.61. The van der Waals surface area contributed by atoms with Crippen molar-refractivity contribution in [1.82, 2.24) is 4.90 Å². The van der Waals surface area contributed by atoms with Gasteiger partial charge in [-0.3, -0.25) is 4.90 Å². The molecule has 5 nitrogen and oxygen atoms in total. The molecule has 0 aliphatic carbocycles. The molecular formula is C16H25NO4. The van der Waals surface area contributed by atoms with E-state index in [9.17, 15) is 10.2 Å². The molecule has 21 heavy (non-hydrogen) atoms. The highest BCUT2D eigenvalue weighted by Crippen LogP contribution is 2.23. The number of rotatable bonds is 6. The van der Waals surface area contributed by atoms with Gasteiger partial charge in [0, 0.05) is 38.3 Å². The lowest BCUT2D eigenvalue weighted by Crippen LogP contribution is -2.44. The number of nitrogens with zero attached hydrogens (tertiary/aromatic N) is 1. The second kappa shape index (κ2) is 7.75. The van der Waals surface area contributed by atoms with Crippen molar-refractivity contribution in [3.05, 3.63) is 29.3 Å². The third-order valence-corrected chi connectivity index (χ3v) is 4.09. The Bertz CT molecular complexity index is 452. The third kappa shape index (κ3) is 4.17. The van der Waals surface area contributed by atoms with Crippen LogP contribution >= 0.6 is 0 Å². The molecule has 1 aromatic rings. The predicted octanol–water partition coefficient (Wildman–Crippen LogP) is 1.02. The summed E-state index contributed by atoms with van der Waals surface area (Å²) in [7, 11) is 3.33. The van der Waals surface area contributed by atoms with Gasteiger partial charge < -0.3 is 19.7 Å². The van der Waals surface area contributed by atoms with Crippen molar-refractivity contribution in [2.75, 3.05) is 33.9 Å². The second-order valence-corrected chi connectivity index (χ2v) is 5.61. The molecule has 5 heteroatoms. The van der Waals surface area contributed by atoms with E-state index >= 15 is 0 Å². The van der Waals surface area contributed by atoms with Gasteiger partial charge in [-0.05, 0) is 30.7 Å². The monoisotopic (exact) mass is 295 g/mol. The van der Waals surface area contributed by atoms with Crippen LogP contribution in [0.1, 0.15) is 17.5 Å². The molecule has 0 spiro atoms. The van der Waals surface area contributed by atoms with Crippen molar-refractivity contribution < 1.29 is 19.7 Å². The zero-order valence-corrected chi connectivity index (χ0v) is 12.8. The van der Waals surface area contributed by atoms with Crippen LogP contribution in [0.3, 0.4) is 0 Å². The average molecular weight is 295 g/mol. The molecule has 2 rings (SSSR count). The van der Waals surface area contributed by atoms with Crippen molar-refractivity contribution in [2.24, 2.45) is 5.92 Å². The first-order valence-corrected chi connectivity index (χ1v) is 7.34. The molecule has 1 aliphatic heterocycles. The van der Waals surface area contributed by atoms with Gasteiger partial charge in [0.15, 0.2) is 0 Å². The van der Waals surface area contributed by atoms with E-state index in [2.05, 4.69) is 11.0 Å². The van der Waals surface area contributed by atoms with E-state index in [-0.39, 0.29) is 12.5 Å². The minimum Gasteiger partial charge on any atom is -0.496 e. The summed E-state index contributed by atoms with van der Waals surface area (Å²) in [5.74, 6) is 0.848. The van der Waals surface area contributed by atoms with Crippen molar-refractivity contribution >= 4 is 0 Å². The molecule has 0 bridgehead atoms. The van der Waals surface area contributed by atoms with Gasteiger partial charge in [0.2, 0.25) is 0 Å². The Labute approximate surface area is 126 Å². The maximum Gasteiger partial charge on any atom is 0.124 e. The van der Waals surface area contributed by atoms with Crippen LogP contribution in [-0.4, -0.2) is 55.1 Å². The minimum atomic E-state index is -0.444. The first kappa shape index (κ1) is 16.2. The van der Waals surface area contributed by atoms with Gasteiger partial charge in [-0.15, -0.1) is 0 Å². The molecule has 0 amide bonds. The summed E-state index contributed by atoms with van der Waals surface area (Å²) in [6.45, 7) is 2.88. The van der Waals surface area contributed by atoms with Gasteiger partial charge in [-0.25, -0.2) is 0 Å². The van der Waals surface area contributed by atoms with Crippen LogP contribution in [0, 0.1) is 5.92 Å². The van der Waals surface area contributed by atoms with E-state index in [1.165, 1.54) is 5.56 Å². The molecule has 1 saturated heterocycles. The molecule has 2 atom stereocenters. The summed E-state index contributed by atoms with van der Waals surface area (Å²) in [5.41, 5.74) is 2.21. The van der Waals surface area contributed by atoms with Gasteiger partial charge in [0.05, 0.1) is 19.8 Å². The van der Waals surface area contributed by atoms with Crippen molar-refractivity contribution in [3.8, 4) is 5.75 Å². The minimum absolute atomic E-state index is 0.0150. The normalized spacial score (nSPS) is 23.2. The summed E-state index contributed by atoms with van der Waals surface area (Å²) in [6.07, 6.45) is 0.388. The van der Waals surface area contributed by atoms with Gasteiger partial charge in [0.25, 0.3) is 0 Å². The Morgan fingerprint density at radius 2 is 2.14 bits per heavy atom. The lowest BCUT2D eigenvalue weighted by Gasteiger charge is -2.35. The van der Waals surface area contributed by atoms with E-state index in [0.717, 1.165) is 30.8 Å². The summed E-state index contributed by atoms with van der Waals surface area (Å²) >= 11 is 0. The Balaban J connectivity index is 2.01. The molecule has 1 heterocycles. The van der Waals surface area contributed by atoms with Gasteiger partial charge in [-0.1, -0.05) is 6.07 Å². The lowest BCUT2D eigenvalue weighted by molar-refractivity contribution is -0.00445. The Kier molecular flexibility index (Phi) is 5.99. The van der Waals surface area contributed by atoms with Crippen molar-refractivity contribution in [3.63, 3.8) is 0 Å². The Morgan fingerprint density at radius 3 is 2.76 bits per heavy atom. The van der Waals surface area contributed by atoms with Crippen LogP contribution < -0.4 is 4.74 Å². The van der Waals surface area contributed by atoms with E-state index in [0.29, 0.717) is 13.2 Å². The van der Waals surface area contributed by atoms with E-state index in [1.54, 1.807) is 14.2 Å². The molecule has 0 unspecified atom stereocenters. The standard InChI is InChI=1S/C16H25NO4/c1-20-11-14-7-12(3-4-16(14)21-2)8-17-6-5-13(10-18)15(19)9-17/h3-4,7,13,15,18-19H,5-6,8-11H2,1-2H3/t13-,15+/m1/s1. The molecule has 1 fully saturated rings. The highest BCUT2D eigenvalue weighted by molar-refractivity contribution is 5.37. The number of aliphatic hydroxyl groups is 2. The summed E-state index contributed by atoms with van der Waals surface area (Å²) in [5, 5.41) is 19.2. The maximum absolute atomic E-state index is 10.00. The van der Waals surface area contributed by atoms with Gasteiger partial charge in [0.1, 0.15) is 5.75 Å². The predicted molar refractivity (Wildman–Crippen MR) is 80.2 cm³/mol. The van der Waals surface area contributed by atoms with E-state index < -0.39 is 6.10 Å². The fourth-order valence-electron chi connectivity index (χ4n) is 2.86. The Hall–Kier alpha value is -1.14. The zero-order valence-electron chi connectivity index (χ0n) is 12.8. The first-order chi connectivity index (χ1) is 10.2. The van der Waals surface area contributed by atoms with Gasteiger partial charge in [-0.2, -0.15) is 0 Å². The van der Waals surface area contributed by atoms with E-state index in [1.807, 2.05) is 12.1 Å². The number of β-amino-alcohol motifs (C(OH)–C–C–N with tert-alkyl or cyclic N) is 1. The number of hydrogen-bond donors (Lipinski definition) is 2. The summed E-state index contributed by atoms with van der Waals surface area (Å²) in [6, 6.07) is 6.09. The molecule has 2 N–H and O–H groups in total. The van der Waals surface area contributed by atoms with Gasteiger partial charge >= 0.3 is 0 Å². The Morgan fingerprint density at radius 1 is 1.33 bits per heavy atom. The number of benzene rings is 1. The number of likely N-dealkylation sites (tertiary alicyclic amines) is 1. The summed E-state index contributed by atoms with van der Waals surface area (Å²) < 4.78 is 10.5. The summed E-state index contributed by atoms with van der Waals surface area (Å²) in [4.78, 5) is 2.22. The number of hydrogen-bond acceptors (Lipinski definition) is 5. The maximum atomic E-state index is 10.00. The SMILES string of the molecule is COCc1cc(CN2CC[C@H](CO)[C@@H](O)C2)ccc1OC. The first-order valence-electron chi connectivity index (χ1n) is 7.34. The van der Waals surface area contributed by atoms with Crippen LogP contribution in [-0.2, 0) is 17.9 Å². The highest BCUT2D eigenvalue weighted by Gasteiger charge is 2.26. The van der Waals surface area contributed by atoms with Crippen LogP contribution in [0.15, 0.2) is 18.2 Å². The molecule has 1 aliphatic rings. The topological polar surface area (TPSA) is 62.2 Å². The van der Waals surface area contributed by atoms with Crippen LogP contribution in [0.25, 0.3) is 0 Å². The molecule has 1 aromatic carbocycles. The van der Waals surface area contributed by atoms with E-state index in [4.69, 9.17) is 9.47 Å². The van der Waals surface area contributed by atoms with Crippen LogP contribution in [0.4, 0.5) is 0 Å². The number of piperidine rings is 1. The largest absolute Gasteiger partial charge is 0.496 e.